The van der Waals surface area contributed by atoms with Gasteiger partial charge in [-0.2, -0.15) is 0 Å². The molecule has 4 rings (SSSR count). The zero-order chi connectivity index (χ0) is 23.7. The van der Waals surface area contributed by atoms with Crippen molar-refractivity contribution in [3.05, 3.63) is 64.1 Å². The standard InChI is InChI=1S/C25H25FN2O5/c1-14-21(24(30)25(27)31)22-19(33-13-20(29)32-2)11-16-7-3-4-9-18(16)23(22)28(14)12-15-6-5-8-17(26)10-15/h5-6,8,10-11H,3-4,7,9,12-13H2,1-2H3,(H2,27,31). The Morgan fingerprint density at radius 2 is 1.91 bits per heavy atom. The van der Waals surface area contributed by atoms with E-state index in [4.69, 9.17) is 10.5 Å². The summed E-state index contributed by atoms with van der Waals surface area (Å²) in [6, 6.07) is 8.07. The number of benzene rings is 2. The predicted octanol–water partition coefficient (Wildman–Crippen LogP) is 3.24. The molecule has 2 aromatic carbocycles. The Morgan fingerprint density at radius 3 is 2.61 bits per heavy atom. The maximum Gasteiger partial charge on any atom is 0.343 e. The lowest BCUT2D eigenvalue weighted by atomic mass is 9.88. The highest BCUT2D eigenvalue weighted by Gasteiger charge is 2.30. The molecule has 0 spiro atoms. The van der Waals surface area contributed by atoms with Crippen LogP contribution in [0.25, 0.3) is 10.9 Å². The first kappa shape index (κ1) is 22.5. The summed E-state index contributed by atoms with van der Waals surface area (Å²) < 4.78 is 26.3. The number of Topliss-reactive ketones (excluding diaryl/α,β-unsaturated/α-hetero) is 1. The normalized spacial score (nSPS) is 12.9. The van der Waals surface area contributed by atoms with Gasteiger partial charge in [-0.25, -0.2) is 9.18 Å². The van der Waals surface area contributed by atoms with Crippen LogP contribution >= 0.6 is 0 Å². The van der Waals surface area contributed by atoms with Crippen LogP contribution in [0.15, 0.2) is 30.3 Å². The summed E-state index contributed by atoms with van der Waals surface area (Å²) in [6.45, 7) is 1.68. The van der Waals surface area contributed by atoms with Crippen LogP contribution in [0.1, 0.15) is 45.6 Å². The molecular weight excluding hydrogens is 427 g/mol. The lowest BCUT2D eigenvalue weighted by Crippen LogP contribution is -2.24. The molecule has 8 heteroatoms. The minimum atomic E-state index is -1.08. The monoisotopic (exact) mass is 452 g/mol. The number of amides is 1. The van der Waals surface area contributed by atoms with Crippen LogP contribution in [0.3, 0.4) is 0 Å². The van der Waals surface area contributed by atoms with Crippen LogP contribution in [0.2, 0.25) is 0 Å². The number of esters is 1. The number of rotatable bonds is 7. The van der Waals surface area contributed by atoms with Gasteiger partial charge in [0.25, 0.3) is 11.7 Å². The Hall–Kier alpha value is -3.68. The largest absolute Gasteiger partial charge is 0.481 e. The quantitative estimate of drug-likeness (QED) is 0.337. The zero-order valence-corrected chi connectivity index (χ0v) is 18.6. The minimum absolute atomic E-state index is 0.141. The summed E-state index contributed by atoms with van der Waals surface area (Å²) in [5.41, 5.74) is 9.62. The van der Waals surface area contributed by atoms with Crippen LogP contribution in [-0.4, -0.2) is 35.9 Å². The first-order valence-corrected chi connectivity index (χ1v) is 10.8. The molecule has 2 N–H and O–H groups in total. The zero-order valence-electron chi connectivity index (χ0n) is 18.6. The van der Waals surface area contributed by atoms with Gasteiger partial charge in [-0.1, -0.05) is 12.1 Å². The average molecular weight is 452 g/mol. The molecular formula is C25H25FN2O5. The summed E-state index contributed by atoms with van der Waals surface area (Å²) in [4.78, 5) is 36.6. The number of halogens is 1. The van der Waals surface area contributed by atoms with E-state index >= 15 is 0 Å². The number of hydrogen-bond donors (Lipinski definition) is 1. The lowest BCUT2D eigenvalue weighted by Gasteiger charge is -2.21. The number of nitrogens with zero attached hydrogens (tertiary/aromatic N) is 1. The number of carbonyl (C=O) groups is 3. The van der Waals surface area contributed by atoms with Gasteiger partial charge in [-0.05, 0) is 67.5 Å². The molecule has 0 aliphatic heterocycles. The molecule has 172 valence electrons. The summed E-state index contributed by atoms with van der Waals surface area (Å²) in [5.74, 6) is -2.53. The summed E-state index contributed by atoms with van der Waals surface area (Å²) in [7, 11) is 1.26. The smallest absolute Gasteiger partial charge is 0.343 e. The van der Waals surface area contributed by atoms with E-state index in [0.29, 0.717) is 28.9 Å². The molecule has 0 fully saturated rings. The van der Waals surface area contributed by atoms with Gasteiger partial charge in [0.05, 0.1) is 23.6 Å². The molecule has 0 bridgehead atoms. The summed E-state index contributed by atoms with van der Waals surface area (Å²) in [5, 5.41) is 0.442. The van der Waals surface area contributed by atoms with Crippen LogP contribution in [0.4, 0.5) is 4.39 Å². The van der Waals surface area contributed by atoms with Crippen molar-refractivity contribution in [3.8, 4) is 5.75 Å². The Labute approximate surface area is 190 Å². The molecule has 1 aromatic heterocycles. The van der Waals surface area contributed by atoms with E-state index in [1.807, 2.05) is 10.6 Å². The number of aromatic nitrogens is 1. The third-order valence-corrected chi connectivity index (χ3v) is 6.13. The lowest BCUT2D eigenvalue weighted by molar-refractivity contribution is -0.142. The molecule has 1 aliphatic carbocycles. The molecule has 7 nitrogen and oxygen atoms in total. The van der Waals surface area contributed by atoms with Crippen LogP contribution in [0, 0.1) is 12.7 Å². The van der Waals surface area contributed by atoms with E-state index in [1.165, 1.54) is 19.2 Å². The number of primary amides is 1. The van der Waals surface area contributed by atoms with Crippen LogP contribution in [0.5, 0.6) is 5.75 Å². The number of aryl methyl sites for hydroxylation is 2. The van der Waals surface area contributed by atoms with Gasteiger partial charge < -0.3 is 19.8 Å². The number of ketones is 1. The molecule has 1 heterocycles. The first-order valence-electron chi connectivity index (χ1n) is 10.8. The van der Waals surface area contributed by atoms with Crippen molar-refractivity contribution in [2.24, 2.45) is 5.73 Å². The molecule has 1 amide bonds. The molecule has 33 heavy (non-hydrogen) atoms. The van der Waals surface area contributed by atoms with Crippen molar-refractivity contribution in [3.63, 3.8) is 0 Å². The van der Waals surface area contributed by atoms with Gasteiger partial charge in [-0.3, -0.25) is 9.59 Å². The third-order valence-electron chi connectivity index (χ3n) is 6.13. The van der Waals surface area contributed by atoms with E-state index in [-0.39, 0.29) is 18.0 Å². The second kappa shape index (κ2) is 9.05. The van der Waals surface area contributed by atoms with Gasteiger partial charge >= 0.3 is 5.97 Å². The van der Waals surface area contributed by atoms with Crippen LogP contribution in [-0.2, 0) is 33.7 Å². The second-order valence-electron chi connectivity index (χ2n) is 8.18. The Kier molecular flexibility index (Phi) is 6.18. The van der Waals surface area contributed by atoms with Crippen molar-refractivity contribution in [2.75, 3.05) is 13.7 Å². The topological polar surface area (TPSA) is 101 Å². The second-order valence-corrected chi connectivity index (χ2v) is 8.18. The van der Waals surface area contributed by atoms with Crippen molar-refractivity contribution in [2.45, 2.75) is 39.2 Å². The van der Waals surface area contributed by atoms with Gasteiger partial charge in [0.15, 0.2) is 6.61 Å². The predicted molar refractivity (Wildman–Crippen MR) is 120 cm³/mol. The first-order chi connectivity index (χ1) is 15.8. The van der Waals surface area contributed by atoms with Gasteiger partial charge in [-0.15, -0.1) is 0 Å². The van der Waals surface area contributed by atoms with Crippen LogP contribution < -0.4 is 10.5 Å². The highest BCUT2D eigenvalue weighted by molar-refractivity contribution is 6.45. The number of fused-ring (bicyclic) bond motifs is 3. The molecule has 1 aliphatic rings. The summed E-state index contributed by atoms with van der Waals surface area (Å²) in [6.07, 6.45) is 3.60. The number of methoxy groups -OCH3 is 1. The Morgan fingerprint density at radius 1 is 1.15 bits per heavy atom. The molecule has 0 radical (unpaired) electrons. The minimum Gasteiger partial charge on any atom is -0.481 e. The SMILES string of the molecule is COC(=O)COc1cc2c(c3c1c(C(=O)C(N)=O)c(C)n3Cc1cccc(F)c1)CCCC2. The average Bonchev–Trinajstić information content (AvgIpc) is 3.09. The molecule has 0 atom stereocenters. The van der Waals surface area contributed by atoms with E-state index in [9.17, 15) is 18.8 Å². The van der Waals surface area contributed by atoms with Gasteiger partial charge in [0.2, 0.25) is 0 Å². The molecule has 0 unspecified atom stereocenters. The maximum atomic E-state index is 13.9. The molecule has 0 saturated carbocycles. The van der Waals surface area contributed by atoms with Gasteiger partial charge in [0, 0.05) is 12.2 Å². The van der Waals surface area contributed by atoms with E-state index in [0.717, 1.165) is 42.3 Å². The van der Waals surface area contributed by atoms with E-state index in [1.54, 1.807) is 19.1 Å². The number of ether oxygens (including phenoxy) is 2. The fraction of sp³-hybridized carbons (Fsp3) is 0.320. The fourth-order valence-corrected chi connectivity index (χ4v) is 4.61. The van der Waals surface area contributed by atoms with Crippen molar-refractivity contribution in [1.82, 2.24) is 4.57 Å². The maximum absolute atomic E-state index is 13.9. The van der Waals surface area contributed by atoms with E-state index in [2.05, 4.69) is 4.74 Å². The summed E-state index contributed by atoms with van der Waals surface area (Å²) >= 11 is 0. The number of hydrogen-bond acceptors (Lipinski definition) is 5. The van der Waals surface area contributed by atoms with E-state index < -0.39 is 17.7 Å². The van der Waals surface area contributed by atoms with Crippen molar-refractivity contribution < 1.29 is 28.2 Å². The van der Waals surface area contributed by atoms with Crippen molar-refractivity contribution >= 4 is 28.6 Å². The van der Waals surface area contributed by atoms with Gasteiger partial charge in [0.1, 0.15) is 11.6 Å². The molecule has 3 aromatic rings. The Bertz CT molecular complexity index is 1280. The Balaban J connectivity index is 2.01. The van der Waals surface area contributed by atoms with Crippen molar-refractivity contribution in [1.29, 1.82) is 0 Å². The third kappa shape index (κ3) is 4.20. The number of nitrogens with two attached hydrogens (primary N) is 1. The highest BCUT2D eigenvalue weighted by atomic mass is 19.1. The number of carbonyl (C=O) groups excluding carboxylic acids is 3. The highest BCUT2D eigenvalue weighted by Crippen LogP contribution is 2.41. The molecule has 0 saturated heterocycles. The fourth-order valence-electron chi connectivity index (χ4n) is 4.61.